The van der Waals surface area contributed by atoms with E-state index in [2.05, 4.69) is 27.9 Å². The van der Waals surface area contributed by atoms with Gasteiger partial charge >= 0.3 is 5.97 Å². The number of hydrogen-bond acceptors (Lipinski definition) is 4. The van der Waals surface area contributed by atoms with Gasteiger partial charge in [-0.05, 0) is 60.1 Å². The molecule has 29 heavy (non-hydrogen) atoms. The van der Waals surface area contributed by atoms with Gasteiger partial charge in [0, 0.05) is 29.2 Å². The number of carbonyl (C=O) groups is 1. The van der Waals surface area contributed by atoms with Gasteiger partial charge in [0.2, 0.25) is 0 Å². The van der Waals surface area contributed by atoms with Crippen molar-refractivity contribution in [3.8, 4) is 0 Å². The Labute approximate surface area is 171 Å². The highest BCUT2D eigenvalue weighted by atomic mass is 16.5. The van der Waals surface area contributed by atoms with Crippen LogP contribution in [0.2, 0.25) is 0 Å². The van der Waals surface area contributed by atoms with Crippen LogP contribution in [0.5, 0.6) is 0 Å². The second kappa shape index (κ2) is 10.0. The third kappa shape index (κ3) is 5.56. The molecule has 0 bridgehead atoms. The molecule has 0 saturated carbocycles. The van der Waals surface area contributed by atoms with Crippen molar-refractivity contribution in [1.29, 1.82) is 0 Å². The first-order chi connectivity index (χ1) is 14.1. The molecule has 1 aliphatic rings. The Morgan fingerprint density at radius 3 is 2.83 bits per heavy atom. The van der Waals surface area contributed by atoms with Crippen molar-refractivity contribution in [2.75, 3.05) is 13.7 Å². The summed E-state index contributed by atoms with van der Waals surface area (Å²) in [5, 5.41) is 10.1. The van der Waals surface area contributed by atoms with Crippen molar-refractivity contribution < 1.29 is 14.6 Å². The van der Waals surface area contributed by atoms with E-state index >= 15 is 0 Å². The molecule has 4 N–H and O–H groups in total. The van der Waals surface area contributed by atoms with Crippen LogP contribution in [0.1, 0.15) is 28.7 Å². The number of methoxy groups -OCH3 is 1. The lowest BCUT2D eigenvalue weighted by molar-refractivity contribution is -0.134. The molecule has 0 aliphatic heterocycles. The zero-order valence-corrected chi connectivity index (χ0v) is 16.7. The third-order valence-electron chi connectivity index (χ3n) is 5.13. The maximum Gasteiger partial charge on any atom is 0.330 e. The molecule has 1 atom stereocenters. The molecule has 4 rings (SSSR count). The van der Waals surface area contributed by atoms with Crippen LogP contribution in [-0.2, 0) is 28.8 Å². The summed E-state index contributed by atoms with van der Waals surface area (Å²) in [6.45, 7) is 0.0273. The van der Waals surface area contributed by atoms with Gasteiger partial charge in [0.1, 0.15) is 0 Å². The smallest absolute Gasteiger partial charge is 0.330 e. The zero-order chi connectivity index (χ0) is 20.6. The number of nitrogens with one attached hydrogen (secondary N) is 1. The first-order valence-corrected chi connectivity index (χ1v) is 9.90. The summed E-state index contributed by atoms with van der Waals surface area (Å²) in [5.41, 5.74) is 11.9. The van der Waals surface area contributed by atoms with Gasteiger partial charge in [-0.2, -0.15) is 0 Å². The minimum absolute atomic E-state index is 0.0273. The number of aryl methyl sites for hydroxylation is 2. The highest BCUT2D eigenvalue weighted by molar-refractivity contribution is 5.87. The van der Waals surface area contributed by atoms with Crippen molar-refractivity contribution >= 4 is 22.9 Å². The number of rotatable bonds is 5. The number of hydrogen-bond donors (Lipinski definition) is 3. The first kappa shape index (κ1) is 20.8. The predicted molar refractivity (Wildman–Crippen MR) is 117 cm³/mol. The second-order valence-electron chi connectivity index (χ2n) is 7.24. The summed E-state index contributed by atoms with van der Waals surface area (Å²) in [6.07, 6.45) is 9.52. The van der Waals surface area contributed by atoms with Crippen molar-refractivity contribution in [3.63, 3.8) is 0 Å². The van der Waals surface area contributed by atoms with Crippen LogP contribution >= 0.6 is 0 Å². The number of aliphatic hydroxyl groups excluding tert-OH is 1. The van der Waals surface area contributed by atoms with E-state index in [1.54, 1.807) is 6.08 Å². The van der Waals surface area contributed by atoms with E-state index in [0.717, 1.165) is 17.5 Å². The number of aromatic nitrogens is 1. The second-order valence-corrected chi connectivity index (χ2v) is 7.24. The minimum atomic E-state index is -0.310. The standard InChI is InChI=1S/C13H14O2.C11H14N2O/c1-15-13(14)8-6-10-5-7-11-3-2-4-12(11)9-10;12-9(7-14)5-8-6-13-11-4-2-1-3-10(8)11/h5-9H,2-4H2,1H3;1-4,6,9,13-14H,5,7,12H2/b8-6+;. The van der Waals surface area contributed by atoms with Gasteiger partial charge in [0.05, 0.1) is 13.7 Å². The van der Waals surface area contributed by atoms with E-state index in [1.165, 1.54) is 48.1 Å². The Kier molecular flexibility index (Phi) is 7.22. The number of benzene rings is 2. The van der Waals surface area contributed by atoms with E-state index in [9.17, 15) is 4.79 Å². The molecular weight excluding hydrogens is 364 g/mol. The molecule has 0 fully saturated rings. The minimum Gasteiger partial charge on any atom is -0.466 e. The van der Waals surface area contributed by atoms with E-state index in [0.29, 0.717) is 6.42 Å². The number of ether oxygens (including phenoxy) is 1. The number of nitrogens with two attached hydrogens (primary N) is 1. The molecular formula is C24H28N2O3. The quantitative estimate of drug-likeness (QED) is 0.459. The Morgan fingerprint density at radius 1 is 1.24 bits per heavy atom. The number of aliphatic hydroxyl groups is 1. The van der Waals surface area contributed by atoms with Gasteiger partial charge in [-0.1, -0.05) is 36.4 Å². The molecule has 0 amide bonds. The summed E-state index contributed by atoms with van der Waals surface area (Å²) >= 11 is 0. The Balaban J connectivity index is 0.000000166. The average molecular weight is 392 g/mol. The predicted octanol–water partition coefficient (Wildman–Crippen LogP) is 3.39. The first-order valence-electron chi connectivity index (χ1n) is 9.90. The lowest BCUT2D eigenvalue weighted by Crippen LogP contribution is -2.26. The van der Waals surface area contributed by atoms with Crippen molar-refractivity contribution in [3.05, 3.63) is 77.0 Å². The molecule has 0 spiro atoms. The molecule has 1 aromatic heterocycles. The average Bonchev–Trinajstić information content (AvgIpc) is 3.39. The maximum atomic E-state index is 10.9. The molecule has 3 aromatic rings. The summed E-state index contributed by atoms with van der Waals surface area (Å²) in [6, 6.07) is 14.3. The van der Waals surface area contributed by atoms with Crippen LogP contribution < -0.4 is 5.73 Å². The molecule has 1 heterocycles. The van der Waals surface area contributed by atoms with Gasteiger partial charge < -0.3 is 20.6 Å². The van der Waals surface area contributed by atoms with Crippen molar-refractivity contribution in [1.82, 2.24) is 4.98 Å². The van der Waals surface area contributed by atoms with Crippen LogP contribution in [0.25, 0.3) is 17.0 Å². The SMILES string of the molecule is COC(=O)/C=C/c1ccc2c(c1)CCC2.NC(CO)Cc1c[nH]c2ccccc12. The van der Waals surface area contributed by atoms with Gasteiger partial charge in [0.25, 0.3) is 0 Å². The Morgan fingerprint density at radius 2 is 2.03 bits per heavy atom. The lowest BCUT2D eigenvalue weighted by Gasteiger charge is -2.05. The maximum absolute atomic E-state index is 10.9. The van der Waals surface area contributed by atoms with E-state index in [4.69, 9.17) is 10.8 Å². The van der Waals surface area contributed by atoms with Crippen LogP contribution in [0.4, 0.5) is 0 Å². The Bertz CT molecular complexity index is 991. The number of H-pyrrole nitrogens is 1. The molecule has 2 aromatic carbocycles. The number of aromatic amines is 1. The summed E-state index contributed by atoms with van der Waals surface area (Å²) in [4.78, 5) is 14.1. The van der Waals surface area contributed by atoms with Gasteiger partial charge in [-0.3, -0.25) is 0 Å². The number of carbonyl (C=O) groups excluding carboxylic acids is 1. The number of esters is 1. The molecule has 1 unspecified atom stereocenters. The van der Waals surface area contributed by atoms with Crippen LogP contribution in [0.3, 0.4) is 0 Å². The molecule has 5 nitrogen and oxygen atoms in total. The van der Waals surface area contributed by atoms with E-state index < -0.39 is 0 Å². The van der Waals surface area contributed by atoms with E-state index in [1.807, 2.05) is 30.5 Å². The highest BCUT2D eigenvalue weighted by Crippen LogP contribution is 2.23. The van der Waals surface area contributed by atoms with Gasteiger partial charge in [-0.25, -0.2) is 4.79 Å². The monoisotopic (exact) mass is 392 g/mol. The fourth-order valence-electron chi connectivity index (χ4n) is 3.58. The van der Waals surface area contributed by atoms with E-state index in [-0.39, 0.29) is 18.6 Å². The van der Waals surface area contributed by atoms with Crippen molar-refractivity contribution in [2.24, 2.45) is 5.73 Å². The normalized spacial score (nSPS) is 13.8. The zero-order valence-electron chi connectivity index (χ0n) is 16.7. The molecule has 0 saturated heterocycles. The Hall–Kier alpha value is -2.89. The number of para-hydroxylation sites is 1. The number of fused-ring (bicyclic) bond motifs is 2. The molecule has 0 radical (unpaired) electrons. The fraction of sp³-hybridized carbons (Fsp3) is 0.292. The van der Waals surface area contributed by atoms with Gasteiger partial charge in [-0.15, -0.1) is 0 Å². The fourth-order valence-corrected chi connectivity index (χ4v) is 3.58. The third-order valence-corrected chi connectivity index (χ3v) is 5.13. The molecule has 152 valence electrons. The highest BCUT2D eigenvalue weighted by Gasteiger charge is 2.10. The molecule has 1 aliphatic carbocycles. The summed E-state index contributed by atoms with van der Waals surface area (Å²) in [7, 11) is 1.38. The van der Waals surface area contributed by atoms with Gasteiger partial charge in [0.15, 0.2) is 0 Å². The summed E-state index contributed by atoms with van der Waals surface area (Å²) < 4.78 is 4.54. The van der Waals surface area contributed by atoms with Crippen LogP contribution in [-0.4, -0.2) is 35.8 Å². The van der Waals surface area contributed by atoms with Crippen LogP contribution in [0.15, 0.2) is 54.7 Å². The largest absolute Gasteiger partial charge is 0.466 e. The summed E-state index contributed by atoms with van der Waals surface area (Å²) in [5.74, 6) is -0.310. The van der Waals surface area contributed by atoms with Crippen molar-refractivity contribution in [2.45, 2.75) is 31.7 Å². The molecule has 5 heteroatoms. The van der Waals surface area contributed by atoms with Crippen LogP contribution in [0, 0.1) is 0 Å². The topological polar surface area (TPSA) is 88.3 Å². The lowest BCUT2D eigenvalue weighted by atomic mass is 10.1.